The zero-order chi connectivity index (χ0) is 30.2. The number of anilines is 1. The second-order valence-electron chi connectivity index (χ2n) is 8.27. The number of aliphatic imine (C=N–C) groups is 1. The highest BCUT2D eigenvalue weighted by atomic mass is 35.5. The Balaban J connectivity index is 1.50. The molecular weight excluding hydrogens is 651 g/mol. The number of aliphatic carboxylic acids is 1. The van der Waals surface area contributed by atoms with Crippen molar-refractivity contribution < 1.29 is 28.7 Å². The first-order chi connectivity index (χ1) is 20.3. The first kappa shape index (κ1) is 31.9. The van der Waals surface area contributed by atoms with Crippen LogP contribution in [0.25, 0.3) is 0 Å². The number of nitrogen functional groups attached to an aromatic ring is 1. The number of thiazole rings is 1. The molecule has 2 aliphatic rings. The molecule has 0 saturated carbocycles. The molecule has 0 spiro atoms. The molecule has 0 aromatic carbocycles. The molecule has 1 fully saturated rings. The lowest BCUT2D eigenvalue weighted by molar-refractivity contribution is -0.150. The molecule has 0 unspecified atom stereocenters. The number of β-lactam (4-membered cyclic amide) rings is 1. The Labute approximate surface area is 260 Å². The van der Waals surface area contributed by atoms with Crippen molar-refractivity contribution in [3.05, 3.63) is 44.7 Å². The summed E-state index contributed by atoms with van der Waals surface area (Å²) in [6.45, 7) is -0.696. The highest BCUT2D eigenvalue weighted by molar-refractivity contribution is 8.06. The first-order valence-electron chi connectivity index (χ1n) is 12.0. The van der Waals surface area contributed by atoms with Gasteiger partial charge in [-0.3, -0.25) is 24.5 Å². The molecule has 13 nitrogen and oxygen atoms in total. The van der Waals surface area contributed by atoms with Gasteiger partial charge in [-0.2, -0.15) is 11.8 Å². The smallest absolute Gasteiger partial charge is 0.353 e. The molecule has 0 bridgehead atoms. The van der Waals surface area contributed by atoms with E-state index in [0.29, 0.717) is 17.2 Å². The number of carbonyl (C=O) groups excluding carboxylic acids is 2. The Kier molecular flexibility index (Phi) is 11.3. The Morgan fingerprint density at radius 2 is 2.24 bits per heavy atom. The molecule has 19 heteroatoms. The van der Waals surface area contributed by atoms with Crippen LogP contribution in [-0.4, -0.2) is 92.6 Å². The molecule has 2 amide bonds. The second kappa shape index (κ2) is 14.9. The van der Waals surface area contributed by atoms with Crippen LogP contribution in [0.4, 0.5) is 9.52 Å². The summed E-state index contributed by atoms with van der Waals surface area (Å²) in [6.07, 6.45) is 4.60. The molecule has 0 aliphatic carbocycles. The number of amides is 2. The molecule has 6 N–H and O–H groups in total. The summed E-state index contributed by atoms with van der Waals surface area (Å²) in [5, 5.41) is 15.7. The van der Waals surface area contributed by atoms with Gasteiger partial charge in [-0.15, -0.1) is 11.8 Å². The summed E-state index contributed by atoms with van der Waals surface area (Å²) < 4.78 is 12.6. The number of pyridine rings is 1. The van der Waals surface area contributed by atoms with E-state index in [1.807, 2.05) is 0 Å². The molecule has 224 valence electrons. The van der Waals surface area contributed by atoms with E-state index < -0.39 is 48.2 Å². The number of hydrogen-bond donors (Lipinski definition) is 4. The predicted octanol–water partition coefficient (Wildman–Crippen LogP) is 2.17. The number of oxime groups is 1. The maximum atomic E-state index is 13.2. The molecule has 4 heterocycles. The number of hydrogen-bond acceptors (Lipinski definition) is 13. The van der Waals surface area contributed by atoms with Crippen molar-refractivity contribution in [2.75, 3.05) is 37.1 Å². The standard InChI is InChI=1S/C23H24ClFN8O5S4/c24-18-14(31-23(27)42-18)15(32-38-5-2-25)19(34)30-16-20(35)33-17(22(36)37)13(9-40-21(16)33)41-12-1-3-28-7-11(12)8-39-6-4-29-10-26/h1,3,7,10,16,21H,2,4-6,8-9H2,(H2,26,29)(H2,27,31)(H,30,34)(H,36,37)/t16-,21+/m1/s1. The third-order valence-corrected chi connectivity index (χ3v) is 10.3. The van der Waals surface area contributed by atoms with Gasteiger partial charge < -0.3 is 26.7 Å². The van der Waals surface area contributed by atoms with Crippen LogP contribution in [0.3, 0.4) is 0 Å². The monoisotopic (exact) mass is 674 g/mol. The SMILES string of the molecule is NC=NCCSCc1cnccc1SC1=C(C(=O)O)N2C(=O)[C@@H](NC(=O)C(=NOCCF)c3nc(N)sc3Cl)[C@@H]2SC1. The topological polar surface area (TPSA) is 198 Å². The van der Waals surface area contributed by atoms with E-state index in [-0.39, 0.29) is 26.6 Å². The van der Waals surface area contributed by atoms with Crippen molar-refractivity contribution in [3.63, 3.8) is 0 Å². The van der Waals surface area contributed by atoms with Gasteiger partial charge in [0.15, 0.2) is 10.8 Å². The van der Waals surface area contributed by atoms with E-state index in [1.54, 1.807) is 30.2 Å². The third kappa shape index (κ3) is 7.28. The maximum absolute atomic E-state index is 13.2. The van der Waals surface area contributed by atoms with E-state index in [0.717, 1.165) is 32.4 Å². The number of carboxylic acids is 1. The van der Waals surface area contributed by atoms with Crippen LogP contribution in [0.5, 0.6) is 0 Å². The zero-order valence-electron chi connectivity index (χ0n) is 21.6. The van der Waals surface area contributed by atoms with Gasteiger partial charge in [0.25, 0.3) is 11.8 Å². The molecule has 2 aliphatic heterocycles. The fourth-order valence-corrected chi connectivity index (χ4v) is 8.22. The van der Waals surface area contributed by atoms with Gasteiger partial charge in [-0.25, -0.2) is 14.2 Å². The molecule has 0 radical (unpaired) electrons. The summed E-state index contributed by atoms with van der Waals surface area (Å²) in [5.41, 5.74) is 11.2. The van der Waals surface area contributed by atoms with Gasteiger partial charge in [0, 0.05) is 46.0 Å². The predicted molar refractivity (Wildman–Crippen MR) is 163 cm³/mol. The maximum Gasteiger partial charge on any atom is 0.353 e. The van der Waals surface area contributed by atoms with Crippen LogP contribution in [0, 0.1) is 0 Å². The Bertz CT molecular complexity index is 1440. The van der Waals surface area contributed by atoms with Crippen LogP contribution in [0.15, 0.2) is 44.1 Å². The highest BCUT2D eigenvalue weighted by Gasteiger charge is 2.54. The molecule has 2 aromatic rings. The van der Waals surface area contributed by atoms with Crippen molar-refractivity contribution >= 4 is 93.2 Å². The van der Waals surface area contributed by atoms with Crippen LogP contribution in [0.1, 0.15) is 11.3 Å². The average Bonchev–Trinajstić information content (AvgIpc) is 3.31. The van der Waals surface area contributed by atoms with Crippen molar-refractivity contribution in [3.8, 4) is 0 Å². The molecule has 1 saturated heterocycles. The van der Waals surface area contributed by atoms with E-state index in [2.05, 4.69) is 25.4 Å². The summed E-state index contributed by atoms with van der Waals surface area (Å²) in [5.74, 6) is -1.09. The lowest BCUT2D eigenvalue weighted by Crippen LogP contribution is -2.71. The molecule has 2 atom stereocenters. The lowest BCUT2D eigenvalue weighted by Gasteiger charge is -2.49. The number of halogens is 2. The number of nitrogens with one attached hydrogen (secondary N) is 1. The minimum Gasteiger partial charge on any atom is -0.477 e. The van der Waals surface area contributed by atoms with Crippen LogP contribution in [0.2, 0.25) is 4.34 Å². The third-order valence-electron chi connectivity index (χ3n) is 5.61. The van der Waals surface area contributed by atoms with E-state index in [4.69, 9.17) is 27.9 Å². The minimum atomic E-state index is -1.27. The number of carboxylic acid groups (broad SMARTS) is 1. The number of thioether (sulfide) groups is 3. The van der Waals surface area contributed by atoms with E-state index in [1.165, 1.54) is 29.9 Å². The Hall–Kier alpha value is -3.06. The normalized spacial score (nSPS) is 18.7. The van der Waals surface area contributed by atoms with Gasteiger partial charge in [-0.05, 0) is 11.6 Å². The zero-order valence-corrected chi connectivity index (χ0v) is 25.6. The Morgan fingerprint density at radius 1 is 1.43 bits per heavy atom. The number of fused-ring (bicyclic) bond motifs is 1. The van der Waals surface area contributed by atoms with Crippen molar-refractivity contribution in [2.45, 2.75) is 22.1 Å². The van der Waals surface area contributed by atoms with Crippen LogP contribution < -0.4 is 16.8 Å². The number of alkyl halides is 1. The summed E-state index contributed by atoms with van der Waals surface area (Å²) in [6, 6.07) is 0.735. The summed E-state index contributed by atoms with van der Waals surface area (Å²) in [7, 11) is 0. The second-order valence-corrected chi connectivity index (χ2v) is 13.2. The first-order valence-corrected chi connectivity index (χ1v) is 16.3. The van der Waals surface area contributed by atoms with Gasteiger partial charge >= 0.3 is 5.97 Å². The average molecular weight is 675 g/mol. The molecule has 4 rings (SSSR count). The fraction of sp³-hybridized carbons (Fsp3) is 0.348. The lowest BCUT2D eigenvalue weighted by atomic mass is 10.0. The number of nitrogens with zero attached hydrogens (tertiary/aromatic N) is 5. The quantitative estimate of drug-likeness (QED) is 0.0750. The molecular formula is C23H24ClFN8O5S4. The summed E-state index contributed by atoms with van der Waals surface area (Å²) in [4.78, 5) is 58.1. The largest absolute Gasteiger partial charge is 0.477 e. The Morgan fingerprint density at radius 3 is 2.93 bits per heavy atom. The fourth-order valence-electron chi connectivity index (χ4n) is 3.81. The van der Waals surface area contributed by atoms with Gasteiger partial charge in [0.05, 0.1) is 6.34 Å². The molecule has 2 aromatic heterocycles. The number of aromatic nitrogens is 2. The van der Waals surface area contributed by atoms with Crippen LogP contribution >= 0.6 is 58.2 Å². The van der Waals surface area contributed by atoms with Crippen molar-refractivity contribution in [1.29, 1.82) is 0 Å². The van der Waals surface area contributed by atoms with Crippen LogP contribution in [-0.2, 0) is 25.0 Å². The van der Waals surface area contributed by atoms with E-state index >= 15 is 0 Å². The van der Waals surface area contributed by atoms with Crippen molar-refractivity contribution in [2.24, 2.45) is 15.9 Å². The number of carbonyl (C=O) groups is 3. The number of rotatable bonds is 14. The number of nitrogens with two attached hydrogens (primary N) is 2. The molecule has 42 heavy (non-hydrogen) atoms. The van der Waals surface area contributed by atoms with Gasteiger partial charge in [0.1, 0.15) is 40.4 Å². The van der Waals surface area contributed by atoms with E-state index in [9.17, 15) is 23.9 Å². The minimum absolute atomic E-state index is 0.0505. The summed E-state index contributed by atoms with van der Waals surface area (Å²) >= 11 is 11.2. The van der Waals surface area contributed by atoms with Gasteiger partial charge in [-0.1, -0.05) is 39.9 Å². The highest BCUT2D eigenvalue weighted by Crippen LogP contribution is 2.46. The van der Waals surface area contributed by atoms with Crippen molar-refractivity contribution in [1.82, 2.24) is 20.2 Å². The van der Waals surface area contributed by atoms with Gasteiger partial charge in [0.2, 0.25) is 0 Å².